The number of carbonyl (C=O) groups excluding carboxylic acids is 1. The largest absolute Gasteiger partial charge is 0.354 e. The fourth-order valence-corrected chi connectivity index (χ4v) is 4.57. The standard InChI is InChI=1S/C23H19BrN2OS/c1-15(27)25-19-6-4-5-17(13-19)21-14-23(16-9-11-18(24)12-10-16)28-22-8-3-2-7-20(22)26-21/h2-14,23,26H,1H3,(H,25,27). The van der Waals surface area contributed by atoms with Crippen molar-refractivity contribution in [2.75, 3.05) is 10.6 Å². The first-order chi connectivity index (χ1) is 13.6. The highest BCUT2D eigenvalue weighted by Crippen LogP contribution is 2.44. The van der Waals surface area contributed by atoms with Crippen molar-refractivity contribution < 1.29 is 4.79 Å². The molecule has 1 aliphatic heterocycles. The number of fused-ring (bicyclic) bond motifs is 1. The van der Waals surface area contributed by atoms with Gasteiger partial charge in [0.2, 0.25) is 5.91 Å². The zero-order chi connectivity index (χ0) is 19.5. The van der Waals surface area contributed by atoms with E-state index in [1.165, 1.54) is 17.4 Å². The summed E-state index contributed by atoms with van der Waals surface area (Å²) in [4.78, 5) is 12.6. The molecule has 0 aliphatic carbocycles. The smallest absolute Gasteiger partial charge is 0.221 e. The number of anilines is 2. The number of rotatable bonds is 3. The van der Waals surface area contributed by atoms with Gasteiger partial charge in [0.1, 0.15) is 0 Å². The van der Waals surface area contributed by atoms with Crippen molar-refractivity contribution in [2.24, 2.45) is 0 Å². The molecular formula is C23H19BrN2OS. The van der Waals surface area contributed by atoms with Crippen LogP contribution in [0.5, 0.6) is 0 Å². The van der Waals surface area contributed by atoms with E-state index in [1.54, 1.807) is 0 Å². The zero-order valence-electron chi connectivity index (χ0n) is 15.3. The second kappa shape index (κ2) is 8.25. The van der Waals surface area contributed by atoms with E-state index >= 15 is 0 Å². The number of halogens is 1. The van der Waals surface area contributed by atoms with Crippen LogP contribution in [0.4, 0.5) is 11.4 Å². The zero-order valence-corrected chi connectivity index (χ0v) is 17.7. The molecule has 3 aromatic carbocycles. The molecule has 0 saturated heterocycles. The molecule has 0 aromatic heterocycles. The summed E-state index contributed by atoms with van der Waals surface area (Å²) in [6, 6.07) is 24.7. The Morgan fingerprint density at radius 1 is 1.04 bits per heavy atom. The second-order valence-electron chi connectivity index (χ2n) is 6.55. The molecule has 0 saturated carbocycles. The molecule has 1 amide bonds. The van der Waals surface area contributed by atoms with Gasteiger partial charge in [-0.1, -0.05) is 52.3 Å². The number of nitrogens with one attached hydrogen (secondary N) is 2. The monoisotopic (exact) mass is 450 g/mol. The fourth-order valence-electron chi connectivity index (χ4n) is 3.13. The van der Waals surface area contributed by atoms with Crippen LogP contribution in [-0.2, 0) is 4.79 Å². The van der Waals surface area contributed by atoms with Crippen LogP contribution in [0.3, 0.4) is 0 Å². The van der Waals surface area contributed by atoms with Crippen LogP contribution in [0.2, 0.25) is 0 Å². The number of hydrogen-bond acceptors (Lipinski definition) is 3. The van der Waals surface area contributed by atoms with Crippen LogP contribution in [0.15, 0.2) is 88.2 Å². The van der Waals surface area contributed by atoms with Gasteiger partial charge in [-0.15, -0.1) is 11.8 Å². The normalized spacial score (nSPS) is 15.6. The summed E-state index contributed by atoms with van der Waals surface area (Å²) in [5.74, 6) is -0.0754. The van der Waals surface area contributed by atoms with Crippen LogP contribution in [0.1, 0.15) is 23.3 Å². The summed E-state index contributed by atoms with van der Waals surface area (Å²) < 4.78 is 1.07. The number of para-hydroxylation sites is 1. The van der Waals surface area contributed by atoms with Crippen molar-refractivity contribution in [3.05, 3.63) is 94.5 Å². The van der Waals surface area contributed by atoms with Gasteiger partial charge in [0, 0.05) is 27.7 Å². The first kappa shape index (κ1) is 18.8. The van der Waals surface area contributed by atoms with E-state index in [0.29, 0.717) is 0 Å². The quantitative estimate of drug-likeness (QED) is 0.465. The molecule has 28 heavy (non-hydrogen) atoms. The Balaban J connectivity index is 1.77. The van der Waals surface area contributed by atoms with Crippen molar-refractivity contribution in [1.82, 2.24) is 0 Å². The van der Waals surface area contributed by atoms with E-state index in [9.17, 15) is 4.79 Å². The Kier molecular flexibility index (Phi) is 5.55. The summed E-state index contributed by atoms with van der Waals surface area (Å²) >= 11 is 5.34. The summed E-state index contributed by atoms with van der Waals surface area (Å²) in [5, 5.41) is 6.62. The van der Waals surface area contributed by atoms with Gasteiger partial charge in [0.25, 0.3) is 0 Å². The molecule has 0 bridgehead atoms. The maximum Gasteiger partial charge on any atom is 0.221 e. The van der Waals surface area contributed by atoms with Crippen molar-refractivity contribution in [3.8, 4) is 0 Å². The topological polar surface area (TPSA) is 41.1 Å². The lowest BCUT2D eigenvalue weighted by atomic mass is 10.1. The lowest BCUT2D eigenvalue weighted by Gasteiger charge is -2.13. The number of carbonyl (C=O) groups is 1. The third-order valence-electron chi connectivity index (χ3n) is 4.42. The summed E-state index contributed by atoms with van der Waals surface area (Å²) in [7, 11) is 0. The molecule has 1 aliphatic rings. The van der Waals surface area contributed by atoms with E-state index in [4.69, 9.17) is 0 Å². The Morgan fingerprint density at radius 3 is 2.61 bits per heavy atom. The molecule has 4 rings (SSSR count). The predicted molar refractivity (Wildman–Crippen MR) is 122 cm³/mol. The number of thioether (sulfide) groups is 1. The average Bonchev–Trinajstić information content (AvgIpc) is 2.88. The third-order valence-corrected chi connectivity index (χ3v) is 6.22. The summed E-state index contributed by atoms with van der Waals surface area (Å²) in [6.45, 7) is 1.52. The van der Waals surface area contributed by atoms with Crippen LogP contribution in [0, 0.1) is 0 Å². The highest BCUT2D eigenvalue weighted by Gasteiger charge is 2.19. The lowest BCUT2D eigenvalue weighted by Crippen LogP contribution is -2.06. The van der Waals surface area contributed by atoms with Gasteiger partial charge in [-0.2, -0.15) is 0 Å². The van der Waals surface area contributed by atoms with Gasteiger partial charge < -0.3 is 10.6 Å². The molecule has 1 heterocycles. The Bertz CT molecular complexity index is 1050. The third kappa shape index (κ3) is 4.32. The Hall–Kier alpha value is -2.50. The Labute approximate surface area is 177 Å². The lowest BCUT2D eigenvalue weighted by molar-refractivity contribution is -0.114. The predicted octanol–water partition coefficient (Wildman–Crippen LogP) is 6.71. The molecular weight excluding hydrogens is 432 g/mol. The number of hydrogen-bond donors (Lipinski definition) is 2. The molecule has 5 heteroatoms. The average molecular weight is 451 g/mol. The molecule has 1 unspecified atom stereocenters. The second-order valence-corrected chi connectivity index (χ2v) is 8.65. The minimum Gasteiger partial charge on any atom is -0.354 e. The number of benzene rings is 3. The van der Waals surface area contributed by atoms with Crippen LogP contribution >= 0.6 is 27.7 Å². The van der Waals surface area contributed by atoms with Gasteiger partial charge >= 0.3 is 0 Å². The van der Waals surface area contributed by atoms with Crippen molar-refractivity contribution in [1.29, 1.82) is 0 Å². The maximum atomic E-state index is 11.4. The molecule has 3 aromatic rings. The molecule has 1 atom stereocenters. The van der Waals surface area contributed by atoms with Crippen molar-refractivity contribution in [2.45, 2.75) is 17.1 Å². The first-order valence-electron chi connectivity index (χ1n) is 8.96. The maximum absolute atomic E-state index is 11.4. The van der Waals surface area contributed by atoms with E-state index < -0.39 is 0 Å². The molecule has 0 radical (unpaired) electrons. The molecule has 3 nitrogen and oxygen atoms in total. The van der Waals surface area contributed by atoms with Crippen LogP contribution in [-0.4, -0.2) is 5.91 Å². The van der Waals surface area contributed by atoms with Gasteiger partial charge in [0.05, 0.1) is 10.9 Å². The van der Waals surface area contributed by atoms with E-state index in [1.807, 2.05) is 36.0 Å². The van der Waals surface area contributed by atoms with Gasteiger partial charge in [-0.3, -0.25) is 4.79 Å². The molecule has 2 N–H and O–H groups in total. The SMILES string of the molecule is CC(=O)Nc1cccc(C2=CC(c3ccc(Br)cc3)Sc3ccccc3N2)c1. The molecule has 140 valence electrons. The van der Waals surface area contributed by atoms with E-state index in [-0.39, 0.29) is 11.2 Å². The summed E-state index contributed by atoms with van der Waals surface area (Å²) in [5.41, 5.74) is 5.17. The van der Waals surface area contributed by atoms with Crippen LogP contribution < -0.4 is 10.6 Å². The minimum absolute atomic E-state index is 0.0754. The number of amides is 1. The highest BCUT2D eigenvalue weighted by molar-refractivity contribution is 9.10. The Morgan fingerprint density at radius 2 is 1.82 bits per heavy atom. The summed E-state index contributed by atoms with van der Waals surface area (Å²) in [6.07, 6.45) is 2.25. The first-order valence-corrected chi connectivity index (χ1v) is 10.6. The van der Waals surface area contributed by atoms with Crippen molar-refractivity contribution in [3.63, 3.8) is 0 Å². The van der Waals surface area contributed by atoms with Crippen molar-refractivity contribution >= 4 is 50.7 Å². The van der Waals surface area contributed by atoms with Gasteiger partial charge in [0.15, 0.2) is 0 Å². The van der Waals surface area contributed by atoms with E-state index in [2.05, 4.69) is 81.2 Å². The highest BCUT2D eigenvalue weighted by atomic mass is 79.9. The molecule has 0 fully saturated rings. The van der Waals surface area contributed by atoms with Crippen LogP contribution in [0.25, 0.3) is 5.70 Å². The van der Waals surface area contributed by atoms with Gasteiger partial charge in [-0.05, 0) is 53.6 Å². The van der Waals surface area contributed by atoms with Gasteiger partial charge in [-0.25, -0.2) is 0 Å². The fraction of sp³-hybridized carbons (Fsp3) is 0.0870. The minimum atomic E-state index is -0.0754. The molecule has 0 spiro atoms. The van der Waals surface area contributed by atoms with E-state index in [0.717, 1.165) is 27.1 Å².